The standard InChI is InChI=1S/C29H36N4O6S/c1-5-6-11-22-12-9-13-23(18-22)19-32(40(37,38)26-16-7-8-17-30-26)20-24-14-10-15-25(31-24)33(21-27(34)35)28(36)39-29(2,3)4/h7-10,12-18H,5-6,11,19-21H2,1-4H3,(H,34,35). The zero-order valence-electron chi connectivity index (χ0n) is 23.3. The molecular formula is C29H36N4O6S. The van der Waals surface area contributed by atoms with Crippen molar-refractivity contribution in [3.05, 3.63) is 83.7 Å². The van der Waals surface area contributed by atoms with Crippen molar-refractivity contribution in [2.75, 3.05) is 11.4 Å². The summed E-state index contributed by atoms with van der Waals surface area (Å²) in [5.74, 6) is -1.22. The minimum Gasteiger partial charge on any atom is -0.480 e. The van der Waals surface area contributed by atoms with E-state index in [2.05, 4.69) is 16.9 Å². The van der Waals surface area contributed by atoms with E-state index in [0.717, 1.165) is 35.3 Å². The Hall–Kier alpha value is -3.83. The highest BCUT2D eigenvalue weighted by molar-refractivity contribution is 7.89. The first kappa shape index (κ1) is 30.7. The Bertz CT molecular complexity index is 1410. The van der Waals surface area contributed by atoms with Crippen LogP contribution in [-0.2, 0) is 39.1 Å². The fourth-order valence-corrected chi connectivity index (χ4v) is 5.23. The van der Waals surface area contributed by atoms with Crippen molar-refractivity contribution in [2.24, 2.45) is 0 Å². The Labute approximate surface area is 235 Å². The summed E-state index contributed by atoms with van der Waals surface area (Å²) in [6.07, 6.45) is 3.52. The topological polar surface area (TPSA) is 130 Å². The molecule has 0 bridgehead atoms. The molecule has 3 rings (SSSR count). The molecule has 1 N–H and O–H groups in total. The summed E-state index contributed by atoms with van der Waals surface area (Å²) in [7, 11) is -4.04. The van der Waals surface area contributed by atoms with Crippen LogP contribution in [0.3, 0.4) is 0 Å². The Morgan fingerprint density at radius 3 is 2.35 bits per heavy atom. The van der Waals surface area contributed by atoms with Crippen LogP contribution in [0.25, 0.3) is 0 Å². The molecule has 40 heavy (non-hydrogen) atoms. The highest BCUT2D eigenvalue weighted by Crippen LogP contribution is 2.22. The smallest absolute Gasteiger partial charge is 0.416 e. The second-order valence-corrected chi connectivity index (χ2v) is 12.2. The van der Waals surface area contributed by atoms with Gasteiger partial charge < -0.3 is 9.84 Å². The van der Waals surface area contributed by atoms with E-state index in [4.69, 9.17) is 4.74 Å². The maximum absolute atomic E-state index is 13.7. The molecule has 0 aliphatic rings. The Morgan fingerprint density at radius 1 is 0.975 bits per heavy atom. The average Bonchev–Trinajstić information content (AvgIpc) is 2.90. The van der Waals surface area contributed by atoms with Gasteiger partial charge in [0.15, 0.2) is 5.03 Å². The number of amides is 1. The number of ether oxygens (including phenoxy) is 1. The van der Waals surface area contributed by atoms with Crippen molar-refractivity contribution in [3.8, 4) is 0 Å². The van der Waals surface area contributed by atoms with Gasteiger partial charge in [0.1, 0.15) is 18.0 Å². The summed E-state index contributed by atoms with van der Waals surface area (Å²) in [4.78, 5) is 33.8. The van der Waals surface area contributed by atoms with Crippen molar-refractivity contribution in [1.29, 1.82) is 0 Å². The third-order valence-corrected chi connectivity index (χ3v) is 7.43. The molecule has 0 unspecified atom stereocenters. The molecule has 1 amide bonds. The molecular weight excluding hydrogens is 532 g/mol. The second-order valence-electron chi connectivity index (χ2n) is 10.3. The maximum atomic E-state index is 13.7. The number of aliphatic carboxylic acids is 1. The zero-order chi connectivity index (χ0) is 29.3. The van der Waals surface area contributed by atoms with Gasteiger partial charge in [0.05, 0.1) is 12.2 Å². The van der Waals surface area contributed by atoms with E-state index in [9.17, 15) is 23.1 Å². The molecule has 2 aromatic heterocycles. The molecule has 0 saturated heterocycles. The number of pyridine rings is 2. The van der Waals surface area contributed by atoms with Gasteiger partial charge in [0.25, 0.3) is 10.0 Å². The molecule has 0 aliphatic carbocycles. The molecule has 11 heteroatoms. The molecule has 10 nitrogen and oxygen atoms in total. The molecule has 0 spiro atoms. The molecule has 0 saturated carbocycles. The SMILES string of the molecule is CCCCc1cccc(CN(Cc2cccc(N(CC(=O)O)C(=O)OC(C)(C)C)n2)S(=O)(=O)c2ccccn2)c1. The number of rotatable bonds is 12. The minimum atomic E-state index is -4.04. The summed E-state index contributed by atoms with van der Waals surface area (Å²) in [5, 5.41) is 9.31. The lowest BCUT2D eigenvalue weighted by Crippen LogP contribution is -2.40. The Morgan fingerprint density at radius 2 is 1.70 bits per heavy atom. The fraction of sp³-hybridized carbons (Fsp3) is 0.379. The number of nitrogens with zero attached hydrogens (tertiary/aromatic N) is 4. The summed E-state index contributed by atoms with van der Waals surface area (Å²) in [6.45, 7) is 6.39. The van der Waals surface area contributed by atoms with E-state index in [-0.39, 0.29) is 23.9 Å². The molecule has 2 heterocycles. The van der Waals surface area contributed by atoms with Crippen LogP contribution in [0.2, 0.25) is 0 Å². The first-order valence-electron chi connectivity index (χ1n) is 13.1. The number of aromatic nitrogens is 2. The number of sulfonamides is 1. The van der Waals surface area contributed by atoms with Gasteiger partial charge in [-0.2, -0.15) is 4.31 Å². The Balaban J connectivity index is 1.98. The van der Waals surface area contributed by atoms with E-state index in [1.54, 1.807) is 45.0 Å². The fourth-order valence-electron chi connectivity index (χ4n) is 3.90. The lowest BCUT2D eigenvalue weighted by Gasteiger charge is -2.26. The number of benzene rings is 1. The number of carboxylic acid groups (broad SMARTS) is 1. The van der Waals surface area contributed by atoms with Crippen LogP contribution in [0.5, 0.6) is 0 Å². The predicted octanol–water partition coefficient (Wildman–Crippen LogP) is 5.04. The van der Waals surface area contributed by atoms with E-state index in [1.807, 2.05) is 24.3 Å². The van der Waals surface area contributed by atoms with Gasteiger partial charge in [-0.25, -0.2) is 23.2 Å². The molecule has 0 atom stereocenters. The van der Waals surface area contributed by atoms with Crippen LogP contribution < -0.4 is 4.90 Å². The van der Waals surface area contributed by atoms with Crippen molar-refractivity contribution >= 4 is 27.9 Å². The number of anilines is 1. The summed E-state index contributed by atoms with van der Waals surface area (Å²) < 4.78 is 34.0. The number of carbonyl (C=O) groups excluding carboxylic acids is 1. The lowest BCUT2D eigenvalue weighted by atomic mass is 10.1. The quantitative estimate of drug-likeness (QED) is 0.322. The number of carboxylic acids is 1. The number of unbranched alkanes of at least 4 members (excludes halogenated alkanes) is 1. The van der Waals surface area contributed by atoms with Crippen LogP contribution >= 0.6 is 0 Å². The van der Waals surface area contributed by atoms with Gasteiger partial charge >= 0.3 is 12.1 Å². The van der Waals surface area contributed by atoms with Gasteiger partial charge in [-0.3, -0.25) is 9.69 Å². The van der Waals surface area contributed by atoms with Crippen molar-refractivity contribution in [2.45, 2.75) is 70.7 Å². The van der Waals surface area contributed by atoms with E-state index in [1.165, 1.54) is 22.6 Å². The minimum absolute atomic E-state index is 0.0332. The van der Waals surface area contributed by atoms with Gasteiger partial charge in [-0.15, -0.1) is 0 Å². The van der Waals surface area contributed by atoms with Crippen molar-refractivity contribution in [3.63, 3.8) is 0 Å². The third-order valence-electron chi connectivity index (χ3n) is 5.73. The highest BCUT2D eigenvalue weighted by atomic mass is 32.2. The number of hydrogen-bond donors (Lipinski definition) is 1. The van der Waals surface area contributed by atoms with E-state index < -0.39 is 34.2 Å². The summed E-state index contributed by atoms with van der Waals surface area (Å²) in [5.41, 5.74) is 1.39. The average molecular weight is 569 g/mol. The van der Waals surface area contributed by atoms with E-state index in [0.29, 0.717) is 5.69 Å². The van der Waals surface area contributed by atoms with E-state index >= 15 is 0 Å². The second kappa shape index (κ2) is 13.5. The lowest BCUT2D eigenvalue weighted by molar-refractivity contribution is -0.135. The van der Waals surface area contributed by atoms with Crippen LogP contribution in [-0.4, -0.2) is 52.0 Å². The summed E-state index contributed by atoms with van der Waals surface area (Å²) >= 11 is 0. The third kappa shape index (κ3) is 8.85. The van der Waals surface area contributed by atoms with Gasteiger partial charge in [-0.05, 0) is 69.0 Å². The normalized spacial score (nSPS) is 11.8. The summed E-state index contributed by atoms with van der Waals surface area (Å²) in [6, 6.07) is 17.2. The van der Waals surface area contributed by atoms with Crippen LogP contribution in [0.4, 0.5) is 10.6 Å². The Kier molecular flexibility index (Phi) is 10.4. The number of aryl methyl sites for hydroxylation is 1. The maximum Gasteiger partial charge on any atom is 0.416 e. The molecule has 0 radical (unpaired) electrons. The molecule has 0 aliphatic heterocycles. The van der Waals surface area contributed by atoms with Crippen LogP contribution in [0.1, 0.15) is 57.4 Å². The highest BCUT2D eigenvalue weighted by Gasteiger charge is 2.29. The molecule has 1 aromatic carbocycles. The first-order chi connectivity index (χ1) is 18.9. The number of carbonyl (C=O) groups is 2. The van der Waals surface area contributed by atoms with Crippen molar-refractivity contribution in [1.82, 2.24) is 14.3 Å². The predicted molar refractivity (Wildman–Crippen MR) is 151 cm³/mol. The monoisotopic (exact) mass is 568 g/mol. The molecule has 0 fully saturated rings. The molecule has 214 valence electrons. The van der Waals surface area contributed by atoms with Gasteiger partial charge in [-0.1, -0.05) is 49.7 Å². The van der Waals surface area contributed by atoms with Crippen LogP contribution in [0.15, 0.2) is 71.9 Å². The van der Waals surface area contributed by atoms with Gasteiger partial charge in [0, 0.05) is 12.7 Å². The molecule has 3 aromatic rings. The largest absolute Gasteiger partial charge is 0.480 e. The zero-order valence-corrected chi connectivity index (χ0v) is 24.1. The van der Waals surface area contributed by atoms with Crippen LogP contribution in [0, 0.1) is 0 Å². The van der Waals surface area contributed by atoms with Gasteiger partial charge in [0.2, 0.25) is 0 Å². The number of hydrogen-bond acceptors (Lipinski definition) is 7. The first-order valence-corrected chi connectivity index (χ1v) is 14.5. The van der Waals surface area contributed by atoms with Crippen molar-refractivity contribution < 1.29 is 27.9 Å².